The SMILES string of the molecule is CC1(C)CN(c2ccc3nnnn3n2)CC(C(F)(F)F)O1. The summed E-state index contributed by atoms with van der Waals surface area (Å²) in [6.45, 7) is 3.22. The molecule has 10 heteroatoms. The number of nitrogens with zero attached hydrogens (tertiary/aromatic N) is 6. The first-order valence-electron chi connectivity index (χ1n) is 6.29. The van der Waals surface area contributed by atoms with E-state index in [1.165, 1.54) is 9.53 Å². The number of hydrogen-bond donors (Lipinski definition) is 0. The fourth-order valence-corrected chi connectivity index (χ4v) is 2.34. The third-order valence-corrected chi connectivity index (χ3v) is 3.16. The normalized spacial score (nSPS) is 22.7. The lowest BCUT2D eigenvalue weighted by molar-refractivity contribution is -0.251. The highest BCUT2D eigenvalue weighted by molar-refractivity contribution is 5.45. The second kappa shape index (κ2) is 4.52. The van der Waals surface area contributed by atoms with Gasteiger partial charge in [-0.1, -0.05) is 0 Å². The van der Waals surface area contributed by atoms with E-state index in [2.05, 4.69) is 20.6 Å². The molecule has 3 rings (SSSR count). The van der Waals surface area contributed by atoms with Crippen molar-refractivity contribution in [2.75, 3.05) is 18.0 Å². The molecule has 0 spiro atoms. The fourth-order valence-electron chi connectivity index (χ4n) is 2.34. The van der Waals surface area contributed by atoms with Gasteiger partial charge in [-0.2, -0.15) is 13.2 Å². The van der Waals surface area contributed by atoms with E-state index in [0.717, 1.165) is 0 Å². The van der Waals surface area contributed by atoms with E-state index in [-0.39, 0.29) is 6.54 Å². The van der Waals surface area contributed by atoms with E-state index < -0.39 is 17.9 Å². The Morgan fingerprint density at radius 2 is 2.10 bits per heavy atom. The van der Waals surface area contributed by atoms with Gasteiger partial charge in [-0.25, -0.2) is 0 Å². The summed E-state index contributed by atoms with van der Waals surface area (Å²) in [6.07, 6.45) is -6.28. The van der Waals surface area contributed by atoms with Crippen molar-refractivity contribution in [3.63, 3.8) is 0 Å². The number of ether oxygens (including phenoxy) is 1. The summed E-state index contributed by atoms with van der Waals surface area (Å²) in [7, 11) is 0. The molecule has 21 heavy (non-hydrogen) atoms. The lowest BCUT2D eigenvalue weighted by Crippen LogP contribution is -2.57. The molecule has 1 fully saturated rings. The predicted octanol–water partition coefficient (Wildman–Crippen LogP) is 1.07. The van der Waals surface area contributed by atoms with Gasteiger partial charge >= 0.3 is 6.18 Å². The van der Waals surface area contributed by atoms with Gasteiger partial charge < -0.3 is 9.64 Å². The maximum absolute atomic E-state index is 13.0. The van der Waals surface area contributed by atoms with Crippen LogP contribution in [0.15, 0.2) is 12.1 Å². The summed E-state index contributed by atoms with van der Waals surface area (Å²) in [6, 6.07) is 3.20. The van der Waals surface area contributed by atoms with Crippen LogP contribution < -0.4 is 4.90 Å². The van der Waals surface area contributed by atoms with Crippen molar-refractivity contribution in [2.24, 2.45) is 0 Å². The maximum Gasteiger partial charge on any atom is 0.416 e. The Morgan fingerprint density at radius 3 is 2.81 bits per heavy atom. The molecule has 7 nitrogen and oxygen atoms in total. The van der Waals surface area contributed by atoms with Crippen molar-refractivity contribution in [3.8, 4) is 0 Å². The van der Waals surface area contributed by atoms with Gasteiger partial charge in [0.25, 0.3) is 0 Å². The highest BCUT2D eigenvalue weighted by Gasteiger charge is 2.48. The van der Waals surface area contributed by atoms with Crippen LogP contribution in [-0.2, 0) is 4.74 Å². The molecular weight excluding hydrogens is 289 g/mol. The number of alkyl halides is 3. The molecule has 0 N–H and O–H groups in total. The molecule has 0 bridgehead atoms. The predicted molar refractivity (Wildman–Crippen MR) is 65.8 cm³/mol. The number of halogens is 3. The summed E-state index contributed by atoms with van der Waals surface area (Å²) < 4.78 is 45.2. The number of hydrogen-bond acceptors (Lipinski definition) is 6. The summed E-state index contributed by atoms with van der Waals surface area (Å²) in [4.78, 5) is 1.53. The smallest absolute Gasteiger partial charge is 0.359 e. The molecule has 0 amide bonds. The molecule has 1 aliphatic heterocycles. The van der Waals surface area contributed by atoms with E-state index in [1.54, 1.807) is 26.0 Å². The van der Waals surface area contributed by atoms with Crippen LogP contribution in [-0.4, -0.2) is 56.2 Å². The second-order valence-corrected chi connectivity index (χ2v) is 5.51. The Bertz CT molecular complexity index is 655. The monoisotopic (exact) mass is 302 g/mol. The van der Waals surface area contributed by atoms with Crippen LogP contribution in [0.3, 0.4) is 0 Å². The quantitative estimate of drug-likeness (QED) is 0.785. The van der Waals surface area contributed by atoms with E-state index in [9.17, 15) is 13.2 Å². The van der Waals surface area contributed by atoms with Crippen LogP contribution >= 0.6 is 0 Å². The lowest BCUT2D eigenvalue weighted by Gasteiger charge is -2.43. The summed E-state index contributed by atoms with van der Waals surface area (Å²) in [5, 5.41) is 14.9. The zero-order valence-corrected chi connectivity index (χ0v) is 11.4. The van der Waals surface area contributed by atoms with Crippen molar-refractivity contribution in [3.05, 3.63) is 12.1 Å². The van der Waals surface area contributed by atoms with Crippen molar-refractivity contribution in [1.82, 2.24) is 25.3 Å². The molecule has 1 unspecified atom stereocenters. The Kier molecular flexibility index (Phi) is 3.01. The first kappa shape index (κ1) is 14.0. The van der Waals surface area contributed by atoms with Gasteiger partial charge in [-0.15, -0.1) is 14.8 Å². The third-order valence-electron chi connectivity index (χ3n) is 3.16. The lowest BCUT2D eigenvalue weighted by atomic mass is 10.0. The van der Waals surface area contributed by atoms with Crippen LogP contribution in [0.1, 0.15) is 13.8 Å². The number of anilines is 1. The fraction of sp³-hybridized carbons (Fsp3) is 0.636. The minimum absolute atomic E-state index is 0.292. The minimum atomic E-state index is -4.42. The Hall–Kier alpha value is -1.97. The summed E-state index contributed by atoms with van der Waals surface area (Å²) >= 11 is 0. The average Bonchev–Trinajstić information content (AvgIpc) is 2.82. The van der Waals surface area contributed by atoms with Crippen molar-refractivity contribution in [1.29, 1.82) is 0 Å². The number of morpholine rings is 1. The van der Waals surface area contributed by atoms with E-state index in [4.69, 9.17) is 4.74 Å². The summed E-state index contributed by atoms with van der Waals surface area (Å²) in [5.74, 6) is 0.375. The van der Waals surface area contributed by atoms with Gasteiger partial charge in [0.2, 0.25) is 0 Å². The van der Waals surface area contributed by atoms with Gasteiger partial charge in [0.05, 0.1) is 12.1 Å². The summed E-state index contributed by atoms with van der Waals surface area (Å²) in [5.41, 5.74) is -0.506. The van der Waals surface area contributed by atoms with Crippen LogP contribution in [0, 0.1) is 0 Å². The minimum Gasteiger partial charge on any atom is -0.359 e. The van der Waals surface area contributed by atoms with Crippen molar-refractivity contribution in [2.45, 2.75) is 31.7 Å². The zero-order chi connectivity index (χ0) is 15.3. The van der Waals surface area contributed by atoms with Gasteiger partial charge in [0, 0.05) is 6.54 Å². The highest BCUT2D eigenvalue weighted by atomic mass is 19.4. The molecule has 0 radical (unpaired) electrons. The molecule has 0 aromatic carbocycles. The van der Waals surface area contributed by atoms with Crippen LogP contribution in [0.2, 0.25) is 0 Å². The highest BCUT2D eigenvalue weighted by Crippen LogP contribution is 2.33. The molecule has 1 saturated heterocycles. The Balaban J connectivity index is 1.92. The second-order valence-electron chi connectivity index (χ2n) is 5.51. The molecule has 1 aliphatic rings. The molecule has 1 atom stereocenters. The molecule has 3 heterocycles. The van der Waals surface area contributed by atoms with Crippen LogP contribution in [0.25, 0.3) is 5.65 Å². The first-order chi connectivity index (χ1) is 9.74. The van der Waals surface area contributed by atoms with E-state index >= 15 is 0 Å². The van der Waals surface area contributed by atoms with Crippen molar-refractivity contribution < 1.29 is 17.9 Å². The Labute approximate surface area is 117 Å². The third kappa shape index (κ3) is 2.75. The average molecular weight is 302 g/mol. The molecule has 114 valence electrons. The van der Waals surface area contributed by atoms with E-state index in [1.807, 2.05) is 0 Å². The molecule has 0 aliphatic carbocycles. The molecule has 2 aromatic rings. The maximum atomic E-state index is 13.0. The molecular formula is C11H13F3N6O. The first-order valence-corrected chi connectivity index (χ1v) is 6.29. The number of rotatable bonds is 1. The molecule has 2 aromatic heterocycles. The van der Waals surface area contributed by atoms with Gasteiger partial charge in [-0.3, -0.25) is 0 Å². The van der Waals surface area contributed by atoms with Gasteiger partial charge in [0.1, 0.15) is 0 Å². The number of aromatic nitrogens is 5. The zero-order valence-electron chi connectivity index (χ0n) is 11.4. The van der Waals surface area contributed by atoms with E-state index in [0.29, 0.717) is 18.0 Å². The van der Waals surface area contributed by atoms with Crippen molar-refractivity contribution >= 4 is 11.5 Å². The van der Waals surface area contributed by atoms with Gasteiger partial charge in [0.15, 0.2) is 17.6 Å². The van der Waals surface area contributed by atoms with Crippen LogP contribution in [0.4, 0.5) is 19.0 Å². The Morgan fingerprint density at radius 1 is 1.33 bits per heavy atom. The number of tetrazole rings is 1. The number of fused-ring (bicyclic) bond motifs is 1. The largest absolute Gasteiger partial charge is 0.416 e. The van der Waals surface area contributed by atoms with Crippen LogP contribution in [0.5, 0.6) is 0 Å². The standard InChI is InChI=1S/C11H13F3N6O/c1-10(2)6-19(5-7(21-10)11(12,13)14)9-4-3-8-15-17-18-20(8)16-9/h3-4,7H,5-6H2,1-2H3. The topological polar surface area (TPSA) is 68.4 Å². The molecule has 0 saturated carbocycles. The van der Waals surface area contributed by atoms with Gasteiger partial charge in [-0.05, 0) is 36.4 Å².